The molecule has 5 heteroatoms. The molecule has 1 aliphatic rings. The zero-order valence-corrected chi connectivity index (χ0v) is 9.57. The van der Waals surface area contributed by atoms with Crippen molar-refractivity contribution >= 4 is 17.3 Å². The van der Waals surface area contributed by atoms with Crippen molar-refractivity contribution in [1.82, 2.24) is 0 Å². The summed E-state index contributed by atoms with van der Waals surface area (Å²) in [6, 6.07) is 3.91. The van der Waals surface area contributed by atoms with E-state index >= 15 is 0 Å². The molecule has 3 N–H and O–H groups in total. The standard InChI is InChI=1S/C12H15FN2O2/c1-7-9(4-5-17-7)12(16)15-11-3-2-8(13)6-10(11)14/h2-3,6-7,9H,4-5,14H2,1H3,(H,15,16). The fourth-order valence-corrected chi connectivity index (χ4v) is 1.95. The molecule has 1 saturated heterocycles. The highest BCUT2D eigenvalue weighted by Gasteiger charge is 2.30. The number of ether oxygens (including phenoxy) is 1. The molecule has 92 valence electrons. The highest BCUT2D eigenvalue weighted by Crippen LogP contribution is 2.24. The van der Waals surface area contributed by atoms with Gasteiger partial charge in [0.25, 0.3) is 0 Å². The molecule has 17 heavy (non-hydrogen) atoms. The molecule has 2 unspecified atom stereocenters. The van der Waals surface area contributed by atoms with E-state index in [2.05, 4.69) is 5.32 Å². The number of hydrogen-bond donors (Lipinski definition) is 2. The summed E-state index contributed by atoms with van der Waals surface area (Å²) in [7, 11) is 0. The fourth-order valence-electron chi connectivity index (χ4n) is 1.95. The zero-order valence-electron chi connectivity index (χ0n) is 9.57. The van der Waals surface area contributed by atoms with Gasteiger partial charge in [-0.15, -0.1) is 0 Å². The number of carbonyl (C=O) groups is 1. The molecule has 2 atom stereocenters. The molecular weight excluding hydrogens is 223 g/mol. The zero-order chi connectivity index (χ0) is 12.4. The Labute approximate surface area is 98.9 Å². The largest absolute Gasteiger partial charge is 0.397 e. The Morgan fingerprint density at radius 2 is 2.35 bits per heavy atom. The first-order valence-corrected chi connectivity index (χ1v) is 5.55. The number of benzene rings is 1. The smallest absolute Gasteiger partial charge is 0.230 e. The van der Waals surface area contributed by atoms with Gasteiger partial charge in [0.15, 0.2) is 0 Å². The maximum absolute atomic E-state index is 12.8. The normalized spacial score (nSPS) is 23.6. The fraction of sp³-hybridized carbons (Fsp3) is 0.417. The first kappa shape index (κ1) is 11.9. The Kier molecular flexibility index (Phi) is 3.28. The van der Waals surface area contributed by atoms with Gasteiger partial charge in [-0.1, -0.05) is 0 Å². The van der Waals surface area contributed by atoms with Crippen LogP contribution in [0.4, 0.5) is 15.8 Å². The quantitative estimate of drug-likeness (QED) is 0.772. The lowest BCUT2D eigenvalue weighted by Gasteiger charge is -2.15. The van der Waals surface area contributed by atoms with Crippen molar-refractivity contribution in [2.45, 2.75) is 19.4 Å². The summed E-state index contributed by atoms with van der Waals surface area (Å²) >= 11 is 0. The molecule has 0 bridgehead atoms. The Hall–Kier alpha value is -1.62. The van der Waals surface area contributed by atoms with Gasteiger partial charge in [-0.25, -0.2) is 4.39 Å². The number of hydrogen-bond acceptors (Lipinski definition) is 3. The second kappa shape index (κ2) is 4.71. The highest BCUT2D eigenvalue weighted by atomic mass is 19.1. The predicted octanol–water partition coefficient (Wildman–Crippen LogP) is 1.77. The molecule has 0 radical (unpaired) electrons. The van der Waals surface area contributed by atoms with Crippen molar-refractivity contribution in [2.24, 2.45) is 5.92 Å². The number of nitrogen functional groups attached to an aromatic ring is 1. The van der Waals surface area contributed by atoms with Crippen LogP contribution >= 0.6 is 0 Å². The summed E-state index contributed by atoms with van der Waals surface area (Å²) in [5, 5.41) is 2.70. The third-order valence-electron chi connectivity index (χ3n) is 2.98. The Bertz CT molecular complexity index is 437. The van der Waals surface area contributed by atoms with Gasteiger partial charge in [0, 0.05) is 6.61 Å². The van der Waals surface area contributed by atoms with Crippen molar-refractivity contribution in [3.05, 3.63) is 24.0 Å². The molecule has 1 aromatic rings. The topological polar surface area (TPSA) is 64.3 Å². The molecule has 0 aliphatic carbocycles. The van der Waals surface area contributed by atoms with E-state index in [0.29, 0.717) is 18.7 Å². The molecule has 0 saturated carbocycles. The second-order valence-corrected chi connectivity index (χ2v) is 4.19. The number of nitrogens with two attached hydrogens (primary N) is 1. The van der Waals surface area contributed by atoms with Crippen LogP contribution in [-0.4, -0.2) is 18.6 Å². The molecule has 0 aromatic heterocycles. The second-order valence-electron chi connectivity index (χ2n) is 4.19. The van der Waals surface area contributed by atoms with Crippen LogP contribution in [0.1, 0.15) is 13.3 Å². The van der Waals surface area contributed by atoms with Gasteiger partial charge < -0.3 is 15.8 Å². The van der Waals surface area contributed by atoms with Crippen LogP contribution in [0.2, 0.25) is 0 Å². The highest BCUT2D eigenvalue weighted by molar-refractivity contribution is 5.95. The summed E-state index contributed by atoms with van der Waals surface area (Å²) in [5.74, 6) is -0.717. The molecule has 1 amide bonds. The lowest BCUT2D eigenvalue weighted by molar-refractivity contribution is -0.121. The van der Waals surface area contributed by atoms with Crippen molar-refractivity contribution < 1.29 is 13.9 Å². The van der Waals surface area contributed by atoms with Gasteiger partial charge >= 0.3 is 0 Å². The number of halogens is 1. The van der Waals surface area contributed by atoms with Crippen LogP contribution < -0.4 is 11.1 Å². The minimum absolute atomic E-state index is 0.0864. The van der Waals surface area contributed by atoms with E-state index in [4.69, 9.17) is 10.5 Å². The molecule has 2 rings (SSSR count). The minimum Gasteiger partial charge on any atom is -0.397 e. The lowest BCUT2D eigenvalue weighted by Crippen LogP contribution is -2.28. The Morgan fingerprint density at radius 3 is 2.94 bits per heavy atom. The van der Waals surface area contributed by atoms with E-state index in [9.17, 15) is 9.18 Å². The van der Waals surface area contributed by atoms with E-state index in [0.717, 1.165) is 0 Å². The summed E-state index contributed by atoms with van der Waals surface area (Å²) in [6.07, 6.45) is 0.616. The van der Waals surface area contributed by atoms with E-state index in [1.807, 2.05) is 6.92 Å². The first-order chi connectivity index (χ1) is 8.08. The van der Waals surface area contributed by atoms with Crippen molar-refractivity contribution in [2.75, 3.05) is 17.7 Å². The van der Waals surface area contributed by atoms with Crippen LogP contribution in [0.5, 0.6) is 0 Å². The van der Waals surface area contributed by atoms with Crippen LogP contribution in [0, 0.1) is 11.7 Å². The van der Waals surface area contributed by atoms with Crippen molar-refractivity contribution in [3.63, 3.8) is 0 Å². The Balaban J connectivity index is 2.07. The number of anilines is 2. The Morgan fingerprint density at radius 1 is 1.59 bits per heavy atom. The number of nitrogens with one attached hydrogen (secondary N) is 1. The molecule has 0 spiro atoms. The maximum atomic E-state index is 12.8. The summed E-state index contributed by atoms with van der Waals surface area (Å²) in [5.41, 5.74) is 6.28. The van der Waals surface area contributed by atoms with Crippen LogP contribution in [0.25, 0.3) is 0 Å². The molecule has 1 aromatic carbocycles. The van der Waals surface area contributed by atoms with E-state index in [1.165, 1.54) is 18.2 Å². The SMILES string of the molecule is CC1OCCC1C(=O)Nc1ccc(F)cc1N. The van der Waals surface area contributed by atoms with Crippen molar-refractivity contribution in [3.8, 4) is 0 Å². The number of rotatable bonds is 2. The van der Waals surface area contributed by atoms with Gasteiger partial charge in [-0.2, -0.15) is 0 Å². The van der Waals surface area contributed by atoms with Crippen LogP contribution in [0.3, 0.4) is 0 Å². The van der Waals surface area contributed by atoms with Gasteiger partial charge in [0.1, 0.15) is 5.82 Å². The predicted molar refractivity (Wildman–Crippen MR) is 63.0 cm³/mol. The third-order valence-corrected chi connectivity index (χ3v) is 2.98. The average Bonchev–Trinajstić information content (AvgIpc) is 2.68. The van der Waals surface area contributed by atoms with Gasteiger partial charge in [-0.3, -0.25) is 4.79 Å². The summed E-state index contributed by atoms with van der Waals surface area (Å²) in [6.45, 7) is 2.46. The van der Waals surface area contributed by atoms with Crippen LogP contribution in [-0.2, 0) is 9.53 Å². The minimum atomic E-state index is -0.418. The molecule has 1 heterocycles. The van der Waals surface area contributed by atoms with Gasteiger partial charge in [-0.05, 0) is 31.5 Å². The first-order valence-electron chi connectivity index (χ1n) is 5.55. The average molecular weight is 238 g/mol. The van der Waals surface area contributed by atoms with E-state index in [-0.39, 0.29) is 23.6 Å². The molecule has 1 fully saturated rings. The summed E-state index contributed by atoms with van der Waals surface area (Å²) < 4.78 is 18.2. The monoisotopic (exact) mass is 238 g/mol. The molecule has 4 nitrogen and oxygen atoms in total. The summed E-state index contributed by atoms with van der Waals surface area (Å²) in [4.78, 5) is 11.9. The van der Waals surface area contributed by atoms with E-state index < -0.39 is 5.82 Å². The number of amides is 1. The number of carbonyl (C=O) groups excluding carboxylic acids is 1. The lowest BCUT2D eigenvalue weighted by atomic mass is 10.0. The van der Waals surface area contributed by atoms with Crippen LogP contribution in [0.15, 0.2) is 18.2 Å². The van der Waals surface area contributed by atoms with Gasteiger partial charge in [0.05, 0.1) is 23.4 Å². The maximum Gasteiger partial charge on any atom is 0.230 e. The molecule has 1 aliphatic heterocycles. The molecular formula is C12H15FN2O2. The van der Waals surface area contributed by atoms with Crippen molar-refractivity contribution in [1.29, 1.82) is 0 Å². The van der Waals surface area contributed by atoms with E-state index in [1.54, 1.807) is 0 Å². The third kappa shape index (κ3) is 2.55. The van der Waals surface area contributed by atoms with Gasteiger partial charge in [0.2, 0.25) is 5.91 Å².